The summed E-state index contributed by atoms with van der Waals surface area (Å²) in [5.74, 6) is -0.918. The van der Waals surface area contributed by atoms with E-state index in [4.69, 9.17) is 14.4 Å². The molecule has 0 bridgehead atoms. The number of carboxylic acids is 1. The summed E-state index contributed by atoms with van der Waals surface area (Å²) in [7, 11) is -0.360. The monoisotopic (exact) mass is 350 g/mol. The zero-order chi connectivity index (χ0) is 18.9. The van der Waals surface area contributed by atoms with Crippen molar-refractivity contribution in [3.8, 4) is 0 Å². The minimum absolute atomic E-state index is 0.286. The Morgan fingerprint density at radius 2 is 1.27 bits per heavy atom. The van der Waals surface area contributed by atoms with Gasteiger partial charge >= 0.3 is 13.1 Å². The van der Waals surface area contributed by atoms with Gasteiger partial charge in [-0.15, -0.1) is 0 Å². The number of rotatable bonds is 4. The van der Waals surface area contributed by atoms with Gasteiger partial charge < -0.3 is 14.4 Å². The molecule has 1 saturated heterocycles. The van der Waals surface area contributed by atoms with Crippen molar-refractivity contribution in [2.45, 2.75) is 38.9 Å². The van der Waals surface area contributed by atoms with Crippen LogP contribution in [0.5, 0.6) is 0 Å². The minimum Gasteiger partial charge on any atom is -0.478 e. The normalized spacial score (nSPS) is 18.4. The number of aromatic carboxylic acids is 1. The molecule has 1 fully saturated rings. The Balaban J connectivity index is 1.69. The summed E-state index contributed by atoms with van der Waals surface area (Å²) in [6, 6.07) is 14.8. The molecule has 1 aliphatic heterocycles. The van der Waals surface area contributed by atoms with Crippen molar-refractivity contribution in [1.29, 1.82) is 0 Å². The smallest absolute Gasteiger partial charge is 0.478 e. The first kappa shape index (κ1) is 18.4. The van der Waals surface area contributed by atoms with E-state index in [1.54, 1.807) is 24.3 Å². The van der Waals surface area contributed by atoms with E-state index in [1.165, 1.54) is 0 Å². The number of carbonyl (C=O) groups is 1. The van der Waals surface area contributed by atoms with Crippen LogP contribution in [0.25, 0.3) is 12.2 Å². The topological polar surface area (TPSA) is 55.8 Å². The maximum Gasteiger partial charge on any atom is 0.494 e. The molecule has 5 heteroatoms. The van der Waals surface area contributed by atoms with Crippen LogP contribution in [0.1, 0.15) is 49.2 Å². The first-order chi connectivity index (χ1) is 12.2. The van der Waals surface area contributed by atoms with Crippen LogP contribution in [0.4, 0.5) is 0 Å². The fraction of sp³-hybridized carbons (Fsp3) is 0.286. The van der Waals surface area contributed by atoms with E-state index >= 15 is 0 Å². The molecule has 0 saturated carbocycles. The summed E-state index contributed by atoms with van der Waals surface area (Å²) in [6.07, 6.45) is 3.94. The lowest BCUT2D eigenvalue weighted by Crippen LogP contribution is -2.41. The maximum absolute atomic E-state index is 10.9. The lowest BCUT2D eigenvalue weighted by atomic mass is 9.79. The van der Waals surface area contributed by atoms with E-state index in [9.17, 15) is 4.79 Å². The SMILES string of the molecule is CC1(C)OB(c2ccc(/C=C/c3ccc(C(=O)O)cc3)cc2)OC1(C)C. The molecule has 1 aliphatic rings. The van der Waals surface area contributed by atoms with E-state index in [0.29, 0.717) is 0 Å². The van der Waals surface area contributed by atoms with Crippen molar-refractivity contribution in [1.82, 2.24) is 0 Å². The van der Waals surface area contributed by atoms with Gasteiger partial charge in [0.2, 0.25) is 0 Å². The second kappa shape index (κ2) is 6.74. The summed E-state index contributed by atoms with van der Waals surface area (Å²) >= 11 is 0. The molecule has 1 N–H and O–H groups in total. The molecule has 0 aromatic heterocycles. The highest BCUT2D eigenvalue weighted by Gasteiger charge is 2.51. The largest absolute Gasteiger partial charge is 0.494 e. The van der Waals surface area contributed by atoms with Gasteiger partial charge in [-0.3, -0.25) is 0 Å². The van der Waals surface area contributed by atoms with E-state index in [1.807, 2.05) is 64.1 Å². The van der Waals surface area contributed by atoms with Gasteiger partial charge in [0.25, 0.3) is 0 Å². The third kappa shape index (κ3) is 3.74. The molecule has 26 heavy (non-hydrogen) atoms. The average Bonchev–Trinajstić information content (AvgIpc) is 2.81. The maximum atomic E-state index is 10.9. The average molecular weight is 350 g/mol. The molecule has 0 aliphatic carbocycles. The first-order valence-electron chi connectivity index (χ1n) is 8.65. The lowest BCUT2D eigenvalue weighted by Gasteiger charge is -2.32. The first-order valence-corrected chi connectivity index (χ1v) is 8.65. The van der Waals surface area contributed by atoms with Crippen molar-refractivity contribution in [2.75, 3.05) is 0 Å². The molecule has 0 unspecified atom stereocenters. The molecule has 0 amide bonds. The number of carboxylic acid groups (broad SMARTS) is 1. The molecule has 0 spiro atoms. The highest BCUT2D eigenvalue weighted by atomic mass is 16.7. The number of benzene rings is 2. The van der Waals surface area contributed by atoms with Gasteiger partial charge in [0.15, 0.2) is 0 Å². The fourth-order valence-electron chi connectivity index (χ4n) is 2.67. The summed E-state index contributed by atoms with van der Waals surface area (Å²) in [5.41, 5.74) is 2.58. The van der Waals surface area contributed by atoms with Crippen molar-refractivity contribution < 1.29 is 19.2 Å². The van der Waals surface area contributed by atoms with Crippen molar-refractivity contribution >= 4 is 30.7 Å². The van der Waals surface area contributed by atoms with Crippen LogP contribution < -0.4 is 5.46 Å². The van der Waals surface area contributed by atoms with Crippen molar-refractivity contribution in [3.05, 3.63) is 65.2 Å². The van der Waals surface area contributed by atoms with Gasteiger partial charge in [0, 0.05) is 0 Å². The van der Waals surface area contributed by atoms with Gasteiger partial charge in [-0.1, -0.05) is 48.6 Å². The molecule has 3 rings (SSSR count). The summed E-state index contributed by atoms with van der Waals surface area (Å²) in [4.78, 5) is 10.9. The quantitative estimate of drug-likeness (QED) is 0.672. The van der Waals surface area contributed by atoms with Gasteiger partial charge in [0.05, 0.1) is 16.8 Å². The summed E-state index contributed by atoms with van der Waals surface area (Å²) in [6.45, 7) is 8.17. The zero-order valence-corrected chi connectivity index (χ0v) is 15.5. The van der Waals surface area contributed by atoms with Gasteiger partial charge in [-0.2, -0.15) is 0 Å². The van der Waals surface area contributed by atoms with E-state index < -0.39 is 5.97 Å². The molecular formula is C21H23BO4. The van der Waals surface area contributed by atoms with Crippen LogP contribution in [0.15, 0.2) is 48.5 Å². The number of hydrogen-bond acceptors (Lipinski definition) is 3. The molecule has 4 nitrogen and oxygen atoms in total. The predicted octanol–water partition coefficient (Wildman–Crippen LogP) is 3.85. The van der Waals surface area contributed by atoms with Crippen molar-refractivity contribution in [2.24, 2.45) is 0 Å². The van der Waals surface area contributed by atoms with Gasteiger partial charge in [-0.05, 0) is 56.4 Å². The van der Waals surface area contributed by atoms with E-state index in [2.05, 4.69) is 0 Å². The fourth-order valence-corrected chi connectivity index (χ4v) is 2.67. The van der Waals surface area contributed by atoms with E-state index in [-0.39, 0.29) is 23.9 Å². The highest BCUT2D eigenvalue weighted by Crippen LogP contribution is 2.36. The van der Waals surface area contributed by atoms with Gasteiger partial charge in [-0.25, -0.2) is 4.79 Å². The third-order valence-corrected chi connectivity index (χ3v) is 5.09. The van der Waals surface area contributed by atoms with Crippen LogP contribution in [0, 0.1) is 0 Å². The highest BCUT2D eigenvalue weighted by molar-refractivity contribution is 6.62. The Bertz CT molecular complexity index is 804. The number of hydrogen-bond donors (Lipinski definition) is 1. The standard InChI is InChI=1S/C21H23BO4/c1-20(2)21(3,4)26-22(25-20)18-13-9-16(10-14-18)6-5-15-7-11-17(12-8-15)19(23)24/h5-14H,1-4H3,(H,23,24)/b6-5+. The predicted molar refractivity (Wildman–Crippen MR) is 104 cm³/mol. The van der Waals surface area contributed by atoms with Crippen molar-refractivity contribution in [3.63, 3.8) is 0 Å². The molecule has 0 radical (unpaired) electrons. The van der Waals surface area contributed by atoms with Crippen LogP contribution in [-0.4, -0.2) is 29.4 Å². The van der Waals surface area contributed by atoms with Crippen LogP contribution in [0.2, 0.25) is 0 Å². The Labute approximate surface area is 154 Å². The molecule has 2 aromatic rings. The molecule has 1 heterocycles. The second-order valence-electron chi connectivity index (χ2n) is 7.52. The van der Waals surface area contributed by atoms with Crippen LogP contribution in [0.3, 0.4) is 0 Å². The minimum atomic E-state index is -0.918. The zero-order valence-electron chi connectivity index (χ0n) is 15.5. The third-order valence-electron chi connectivity index (χ3n) is 5.09. The molecule has 2 aromatic carbocycles. The Kier molecular flexibility index (Phi) is 4.78. The Morgan fingerprint density at radius 1 is 0.846 bits per heavy atom. The molecule has 0 atom stereocenters. The van der Waals surface area contributed by atoms with Crippen LogP contribution >= 0.6 is 0 Å². The molecule has 134 valence electrons. The Morgan fingerprint density at radius 3 is 1.69 bits per heavy atom. The Hall–Kier alpha value is -2.37. The van der Waals surface area contributed by atoms with Crippen LogP contribution in [-0.2, 0) is 9.31 Å². The second-order valence-corrected chi connectivity index (χ2v) is 7.52. The van der Waals surface area contributed by atoms with E-state index in [0.717, 1.165) is 16.6 Å². The lowest BCUT2D eigenvalue weighted by molar-refractivity contribution is 0.00578. The summed E-state index contributed by atoms with van der Waals surface area (Å²) < 4.78 is 12.1. The van der Waals surface area contributed by atoms with Gasteiger partial charge in [0.1, 0.15) is 0 Å². The summed E-state index contributed by atoms with van der Waals surface area (Å²) in [5, 5.41) is 8.93. The molecular weight excluding hydrogens is 327 g/mol.